The summed E-state index contributed by atoms with van der Waals surface area (Å²) in [5.41, 5.74) is 2.54. The van der Waals surface area contributed by atoms with Gasteiger partial charge < -0.3 is 9.13 Å². The summed E-state index contributed by atoms with van der Waals surface area (Å²) >= 11 is 6.00. The number of fused-ring (bicyclic) bond motifs is 1. The predicted octanol–water partition coefficient (Wildman–Crippen LogP) is 3.41. The number of rotatable bonds is 4. The third-order valence-electron chi connectivity index (χ3n) is 3.87. The monoisotopic (exact) mass is 338 g/mol. The molecule has 6 nitrogen and oxygen atoms in total. The van der Waals surface area contributed by atoms with Gasteiger partial charge in [-0.15, -0.1) is 0 Å². The first kappa shape index (κ1) is 14.8. The molecule has 0 bridgehead atoms. The van der Waals surface area contributed by atoms with E-state index in [4.69, 9.17) is 16.6 Å². The van der Waals surface area contributed by atoms with Crippen LogP contribution in [0.1, 0.15) is 12.7 Å². The zero-order valence-electron chi connectivity index (χ0n) is 13.1. The second-order valence-electron chi connectivity index (χ2n) is 5.34. The van der Waals surface area contributed by atoms with Crippen LogP contribution in [0, 0.1) is 0 Å². The molecule has 0 aliphatic rings. The highest BCUT2D eigenvalue weighted by Gasteiger charge is 2.14. The molecule has 0 fully saturated rings. The Morgan fingerprint density at radius 2 is 1.96 bits per heavy atom. The van der Waals surface area contributed by atoms with Gasteiger partial charge in [0.15, 0.2) is 11.5 Å². The fourth-order valence-electron chi connectivity index (χ4n) is 2.81. The van der Waals surface area contributed by atoms with Crippen LogP contribution in [0.25, 0.3) is 22.7 Å². The Bertz CT molecular complexity index is 1000. The topological polar surface area (TPSA) is 61.4 Å². The van der Waals surface area contributed by atoms with Crippen molar-refractivity contribution in [1.82, 2.24) is 29.1 Å². The van der Waals surface area contributed by atoms with Crippen molar-refractivity contribution in [1.29, 1.82) is 0 Å². The number of aromatic nitrogens is 6. The number of pyridine rings is 2. The highest BCUT2D eigenvalue weighted by atomic mass is 35.5. The molecule has 4 heterocycles. The van der Waals surface area contributed by atoms with Crippen molar-refractivity contribution in [3.05, 3.63) is 59.9 Å². The Kier molecular flexibility index (Phi) is 3.74. The summed E-state index contributed by atoms with van der Waals surface area (Å²) in [6, 6.07) is 9.40. The number of hydrogen-bond acceptors (Lipinski definition) is 4. The molecule has 4 rings (SSSR count). The quantitative estimate of drug-likeness (QED) is 0.535. The molecule has 0 saturated carbocycles. The van der Waals surface area contributed by atoms with Crippen LogP contribution < -0.4 is 0 Å². The summed E-state index contributed by atoms with van der Waals surface area (Å²) in [6.07, 6.45) is 5.47. The molecule has 0 atom stereocenters. The minimum absolute atomic E-state index is 0.451. The smallest absolute Gasteiger partial charge is 0.160 e. The lowest BCUT2D eigenvalue weighted by atomic mass is 10.3. The van der Waals surface area contributed by atoms with Gasteiger partial charge in [0.25, 0.3) is 0 Å². The van der Waals surface area contributed by atoms with Crippen LogP contribution in [0.4, 0.5) is 0 Å². The molecule has 7 heteroatoms. The first-order chi connectivity index (χ1) is 11.8. The van der Waals surface area contributed by atoms with Gasteiger partial charge in [0.05, 0.1) is 6.54 Å². The molecule has 120 valence electrons. The van der Waals surface area contributed by atoms with E-state index in [1.807, 2.05) is 35.0 Å². The average Bonchev–Trinajstić information content (AvgIpc) is 3.19. The molecule has 4 aromatic rings. The summed E-state index contributed by atoms with van der Waals surface area (Å²) in [6.45, 7) is 3.49. The molecule has 0 aliphatic heterocycles. The second kappa shape index (κ2) is 6.05. The van der Waals surface area contributed by atoms with Crippen LogP contribution in [0.2, 0.25) is 5.15 Å². The Balaban J connectivity index is 1.76. The lowest BCUT2D eigenvalue weighted by Crippen LogP contribution is -2.09. The Morgan fingerprint density at radius 1 is 1.04 bits per heavy atom. The molecular weight excluding hydrogens is 324 g/mol. The van der Waals surface area contributed by atoms with E-state index in [2.05, 4.69) is 26.4 Å². The molecule has 0 amide bonds. The van der Waals surface area contributed by atoms with Crippen LogP contribution in [-0.4, -0.2) is 29.1 Å². The summed E-state index contributed by atoms with van der Waals surface area (Å²) in [4.78, 5) is 17.9. The Morgan fingerprint density at radius 3 is 2.79 bits per heavy atom. The van der Waals surface area contributed by atoms with Crippen molar-refractivity contribution >= 4 is 22.8 Å². The summed E-state index contributed by atoms with van der Waals surface area (Å²) in [7, 11) is 0. The van der Waals surface area contributed by atoms with Crippen LogP contribution in [0.15, 0.2) is 48.9 Å². The first-order valence-corrected chi connectivity index (χ1v) is 8.08. The van der Waals surface area contributed by atoms with Crippen molar-refractivity contribution in [3.8, 4) is 11.5 Å². The summed E-state index contributed by atoms with van der Waals surface area (Å²) in [5.74, 6) is 1.70. The van der Waals surface area contributed by atoms with Crippen molar-refractivity contribution in [2.45, 2.75) is 20.0 Å². The van der Waals surface area contributed by atoms with E-state index >= 15 is 0 Å². The van der Waals surface area contributed by atoms with Crippen molar-refractivity contribution in [2.75, 3.05) is 0 Å². The van der Waals surface area contributed by atoms with Crippen LogP contribution in [0.5, 0.6) is 0 Å². The van der Waals surface area contributed by atoms with E-state index in [0.717, 1.165) is 35.1 Å². The van der Waals surface area contributed by atoms with Crippen LogP contribution in [0.3, 0.4) is 0 Å². The first-order valence-electron chi connectivity index (χ1n) is 7.70. The maximum atomic E-state index is 6.00. The molecule has 0 unspecified atom stereocenters. The van der Waals surface area contributed by atoms with Gasteiger partial charge in [-0.2, -0.15) is 0 Å². The van der Waals surface area contributed by atoms with Crippen molar-refractivity contribution < 1.29 is 0 Å². The maximum absolute atomic E-state index is 6.00. The SMILES string of the molecule is CCn1c(Cn2ccnc2-c2cccc(Cl)n2)nc2cccnc21. The molecule has 0 radical (unpaired) electrons. The fourth-order valence-corrected chi connectivity index (χ4v) is 2.98. The molecule has 0 saturated heterocycles. The standard InChI is InChI=1S/C17H15ClN6/c1-2-24-15(22-13-6-4-8-19-17(13)24)11-23-10-9-20-16(23)12-5-3-7-14(18)21-12/h3-10H,2,11H2,1H3. The normalized spacial score (nSPS) is 11.2. The predicted molar refractivity (Wildman–Crippen MR) is 92.8 cm³/mol. The highest BCUT2D eigenvalue weighted by Crippen LogP contribution is 2.20. The van der Waals surface area contributed by atoms with Crippen molar-refractivity contribution in [3.63, 3.8) is 0 Å². The average molecular weight is 339 g/mol. The van der Waals surface area contributed by atoms with Gasteiger partial charge in [-0.1, -0.05) is 17.7 Å². The fraction of sp³-hybridized carbons (Fsp3) is 0.176. The summed E-state index contributed by atoms with van der Waals surface area (Å²) in [5, 5.41) is 0.451. The van der Waals surface area contributed by atoms with E-state index in [0.29, 0.717) is 11.7 Å². The lowest BCUT2D eigenvalue weighted by molar-refractivity contribution is 0.663. The largest absolute Gasteiger partial charge is 0.322 e. The van der Waals surface area contributed by atoms with E-state index in [9.17, 15) is 0 Å². The Hall–Kier alpha value is -2.73. The number of hydrogen-bond donors (Lipinski definition) is 0. The number of halogens is 1. The molecule has 0 aliphatic carbocycles. The Labute approximate surface area is 143 Å². The van der Waals surface area contributed by atoms with E-state index in [1.54, 1.807) is 18.5 Å². The van der Waals surface area contributed by atoms with E-state index in [1.165, 1.54) is 0 Å². The van der Waals surface area contributed by atoms with Gasteiger partial charge in [-0.05, 0) is 31.2 Å². The zero-order chi connectivity index (χ0) is 16.5. The third kappa shape index (κ3) is 2.55. The van der Waals surface area contributed by atoms with Crippen molar-refractivity contribution in [2.24, 2.45) is 0 Å². The van der Waals surface area contributed by atoms with E-state index in [-0.39, 0.29) is 0 Å². The van der Waals surface area contributed by atoms with Gasteiger partial charge in [-0.3, -0.25) is 0 Å². The minimum atomic E-state index is 0.451. The lowest BCUT2D eigenvalue weighted by Gasteiger charge is -2.09. The molecular formula is C17H15ClN6. The second-order valence-corrected chi connectivity index (χ2v) is 5.73. The van der Waals surface area contributed by atoms with Gasteiger partial charge in [0.1, 0.15) is 22.2 Å². The van der Waals surface area contributed by atoms with Gasteiger partial charge in [0.2, 0.25) is 0 Å². The summed E-state index contributed by atoms with van der Waals surface area (Å²) < 4.78 is 4.14. The molecule has 4 aromatic heterocycles. The molecule has 24 heavy (non-hydrogen) atoms. The minimum Gasteiger partial charge on any atom is -0.322 e. The van der Waals surface area contributed by atoms with Gasteiger partial charge >= 0.3 is 0 Å². The number of imidazole rings is 2. The van der Waals surface area contributed by atoms with Crippen LogP contribution >= 0.6 is 11.6 Å². The molecule has 0 spiro atoms. The number of nitrogens with zero attached hydrogens (tertiary/aromatic N) is 6. The highest BCUT2D eigenvalue weighted by molar-refractivity contribution is 6.29. The van der Waals surface area contributed by atoms with Gasteiger partial charge in [0, 0.05) is 25.1 Å². The molecule has 0 aromatic carbocycles. The molecule has 0 N–H and O–H groups in total. The van der Waals surface area contributed by atoms with E-state index < -0.39 is 0 Å². The zero-order valence-corrected chi connectivity index (χ0v) is 13.9. The van der Waals surface area contributed by atoms with Crippen LogP contribution in [-0.2, 0) is 13.1 Å². The van der Waals surface area contributed by atoms with Gasteiger partial charge in [-0.25, -0.2) is 19.9 Å². The third-order valence-corrected chi connectivity index (χ3v) is 4.08. The maximum Gasteiger partial charge on any atom is 0.160 e. The number of aryl methyl sites for hydroxylation is 1.